The molecule has 0 unspecified atom stereocenters. The van der Waals surface area contributed by atoms with Crippen molar-refractivity contribution in [1.29, 1.82) is 0 Å². The van der Waals surface area contributed by atoms with Crippen molar-refractivity contribution in [3.63, 3.8) is 0 Å². The van der Waals surface area contributed by atoms with Crippen LogP contribution < -0.4 is 0 Å². The van der Waals surface area contributed by atoms with E-state index >= 15 is 0 Å². The maximum atomic E-state index is 13.2. The summed E-state index contributed by atoms with van der Waals surface area (Å²) >= 11 is 0. The minimum absolute atomic E-state index is 0.165. The summed E-state index contributed by atoms with van der Waals surface area (Å²) in [7, 11) is 3.95. The zero-order chi connectivity index (χ0) is 19.4. The van der Waals surface area contributed by atoms with E-state index in [0.29, 0.717) is 25.4 Å². The quantitative estimate of drug-likeness (QED) is 0.751. The number of nitrogens with zero attached hydrogens (tertiary/aromatic N) is 3. The van der Waals surface area contributed by atoms with E-state index in [-0.39, 0.29) is 11.9 Å². The van der Waals surface area contributed by atoms with Crippen molar-refractivity contribution in [2.24, 2.45) is 5.92 Å². The average Bonchev–Trinajstić information content (AvgIpc) is 3.06. The Balaban J connectivity index is 1.68. The van der Waals surface area contributed by atoms with Crippen LogP contribution in [0, 0.1) is 5.92 Å². The Kier molecular flexibility index (Phi) is 6.32. The summed E-state index contributed by atoms with van der Waals surface area (Å²) in [5.74, 6) is 2.57. The van der Waals surface area contributed by atoms with Crippen molar-refractivity contribution in [2.45, 2.75) is 52.1 Å². The molecule has 0 bridgehead atoms. The van der Waals surface area contributed by atoms with Crippen LogP contribution in [0.2, 0.25) is 0 Å². The van der Waals surface area contributed by atoms with E-state index in [1.165, 1.54) is 5.56 Å². The number of carbonyl (C=O) groups is 1. The van der Waals surface area contributed by atoms with Crippen LogP contribution >= 0.6 is 0 Å². The zero-order valence-corrected chi connectivity index (χ0v) is 16.9. The second-order valence-corrected chi connectivity index (χ2v) is 8.09. The maximum Gasteiger partial charge on any atom is 0.240 e. The molecule has 0 fully saturated rings. The summed E-state index contributed by atoms with van der Waals surface area (Å²) < 4.78 is 5.93. The molecule has 0 aliphatic carbocycles. The lowest BCUT2D eigenvalue weighted by atomic mass is 10.0. The van der Waals surface area contributed by atoms with Crippen molar-refractivity contribution in [1.82, 2.24) is 14.8 Å². The van der Waals surface area contributed by atoms with Gasteiger partial charge in [0.05, 0.1) is 12.6 Å². The Hall–Kier alpha value is -2.14. The van der Waals surface area contributed by atoms with Crippen molar-refractivity contribution in [3.8, 4) is 0 Å². The molecule has 0 spiro atoms. The molecule has 0 saturated carbocycles. The molecule has 2 heterocycles. The Morgan fingerprint density at radius 3 is 2.67 bits per heavy atom. The molecule has 2 aromatic rings. The molecule has 0 radical (unpaired) electrons. The Labute approximate surface area is 162 Å². The predicted octanol–water partition coefficient (Wildman–Crippen LogP) is 3.32. The standard InChI is InChI=1S/C22H31N3O2/c1-16(2)10-11-21-23-18-15-25(13-12-20(18)27-21)22(26)19(24(3)4)14-17-8-6-5-7-9-17/h5-9,16,19H,10-15H2,1-4H3/t19-/m0/s1. The first-order chi connectivity index (χ1) is 12.9. The van der Waals surface area contributed by atoms with Crippen LogP contribution in [-0.4, -0.2) is 47.4 Å². The predicted molar refractivity (Wildman–Crippen MR) is 106 cm³/mol. The largest absolute Gasteiger partial charge is 0.445 e. The molecule has 1 aromatic carbocycles. The van der Waals surface area contributed by atoms with Crippen LogP contribution in [0.3, 0.4) is 0 Å². The Bertz CT molecular complexity index is 752. The Morgan fingerprint density at radius 2 is 2.00 bits per heavy atom. The number of amides is 1. The van der Waals surface area contributed by atoms with Crippen molar-refractivity contribution < 1.29 is 9.21 Å². The highest BCUT2D eigenvalue weighted by molar-refractivity contribution is 5.82. The van der Waals surface area contributed by atoms with E-state index in [9.17, 15) is 4.79 Å². The molecule has 1 aliphatic rings. The van der Waals surface area contributed by atoms with Gasteiger partial charge in [-0.3, -0.25) is 9.69 Å². The third kappa shape index (κ3) is 4.98. The molecule has 3 rings (SSSR count). The van der Waals surface area contributed by atoms with E-state index < -0.39 is 0 Å². The van der Waals surface area contributed by atoms with Gasteiger partial charge in [-0.15, -0.1) is 0 Å². The number of aryl methyl sites for hydroxylation is 1. The highest BCUT2D eigenvalue weighted by Crippen LogP contribution is 2.23. The fraction of sp³-hybridized carbons (Fsp3) is 0.545. The van der Waals surface area contributed by atoms with Gasteiger partial charge >= 0.3 is 0 Å². The maximum absolute atomic E-state index is 13.2. The van der Waals surface area contributed by atoms with E-state index in [4.69, 9.17) is 4.42 Å². The third-order valence-electron chi connectivity index (χ3n) is 5.20. The molecule has 27 heavy (non-hydrogen) atoms. The van der Waals surface area contributed by atoms with E-state index in [1.54, 1.807) is 0 Å². The molecular formula is C22H31N3O2. The van der Waals surface area contributed by atoms with Crippen LogP contribution in [0.1, 0.15) is 43.2 Å². The number of likely N-dealkylation sites (N-methyl/N-ethyl adjacent to an activating group) is 1. The third-order valence-corrected chi connectivity index (χ3v) is 5.20. The lowest BCUT2D eigenvalue weighted by molar-refractivity contribution is -0.137. The van der Waals surface area contributed by atoms with Gasteiger partial charge in [0.1, 0.15) is 11.5 Å². The first kappa shape index (κ1) is 19.6. The normalized spacial score (nSPS) is 15.3. The smallest absolute Gasteiger partial charge is 0.240 e. The number of fused-ring (bicyclic) bond motifs is 1. The Morgan fingerprint density at radius 1 is 1.26 bits per heavy atom. The van der Waals surface area contributed by atoms with E-state index in [1.807, 2.05) is 42.1 Å². The van der Waals surface area contributed by atoms with Gasteiger partial charge in [-0.2, -0.15) is 0 Å². The molecule has 1 aromatic heterocycles. The first-order valence-electron chi connectivity index (χ1n) is 9.90. The number of rotatable bonds is 7. The van der Waals surface area contributed by atoms with Crippen LogP contribution in [0.25, 0.3) is 0 Å². The van der Waals surface area contributed by atoms with Gasteiger partial charge in [0, 0.05) is 19.4 Å². The molecular weight excluding hydrogens is 338 g/mol. The lowest BCUT2D eigenvalue weighted by Crippen LogP contribution is -2.48. The highest BCUT2D eigenvalue weighted by atomic mass is 16.4. The summed E-state index contributed by atoms with van der Waals surface area (Å²) in [5, 5.41) is 0. The zero-order valence-electron chi connectivity index (χ0n) is 16.9. The monoisotopic (exact) mass is 369 g/mol. The average molecular weight is 370 g/mol. The van der Waals surface area contributed by atoms with Crippen LogP contribution in [-0.2, 0) is 30.6 Å². The molecule has 1 amide bonds. The number of oxazole rings is 1. The molecule has 146 valence electrons. The summed E-state index contributed by atoms with van der Waals surface area (Å²) in [6.45, 7) is 5.66. The minimum atomic E-state index is -0.165. The summed E-state index contributed by atoms with van der Waals surface area (Å²) in [5.41, 5.74) is 2.12. The van der Waals surface area contributed by atoms with Crippen molar-refractivity contribution >= 4 is 5.91 Å². The molecule has 0 saturated heterocycles. The van der Waals surface area contributed by atoms with Gasteiger partial charge < -0.3 is 9.32 Å². The van der Waals surface area contributed by atoms with E-state index in [0.717, 1.165) is 36.6 Å². The molecule has 5 heteroatoms. The number of hydrogen-bond acceptors (Lipinski definition) is 4. The number of aromatic nitrogens is 1. The van der Waals surface area contributed by atoms with Gasteiger partial charge in [0.25, 0.3) is 0 Å². The number of carbonyl (C=O) groups excluding carboxylic acids is 1. The SMILES string of the molecule is CC(C)CCc1nc2c(o1)CCN(C(=O)[C@H](Cc1ccccc1)N(C)C)C2. The van der Waals surface area contributed by atoms with Crippen LogP contribution in [0.15, 0.2) is 34.7 Å². The van der Waals surface area contributed by atoms with Gasteiger partial charge in [0.15, 0.2) is 5.89 Å². The number of benzene rings is 1. The van der Waals surface area contributed by atoms with Crippen LogP contribution in [0.5, 0.6) is 0 Å². The van der Waals surface area contributed by atoms with Crippen LogP contribution in [0.4, 0.5) is 0 Å². The fourth-order valence-electron chi connectivity index (χ4n) is 3.50. The molecule has 0 N–H and O–H groups in total. The lowest BCUT2D eigenvalue weighted by Gasteiger charge is -2.32. The fourth-order valence-corrected chi connectivity index (χ4v) is 3.50. The molecule has 1 atom stereocenters. The summed E-state index contributed by atoms with van der Waals surface area (Å²) in [6.07, 6.45) is 3.41. The van der Waals surface area contributed by atoms with Gasteiger partial charge in [0.2, 0.25) is 5.91 Å². The summed E-state index contributed by atoms with van der Waals surface area (Å²) in [4.78, 5) is 21.8. The first-order valence-corrected chi connectivity index (χ1v) is 9.90. The van der Waals surface area contributed by atoms with Gasteiger partial charge in [-0.05, 0) is 38.4 Å². The minimum Gasteiger partial charge on any atom is -0.445 e. The second-order valence-electron chi connectivity index (χ2n) is 8.09. The van der Waals surface area contributed by atoms with Crippen molar-refractivity contribution in [3.05, 3.63) is 53.2 Å². The molecule has 5 nitrogen and oxygen atoms in total. The van der Waals surface area contributed by atoms with Gasteiger partial charge in [-0.25, -0.2) is 4.98 Å². The van der Waals surface area contributed by atoms with Gasteiger partial charge in [-0.1, -0.05) is 44.2 Å². The topological polar surface area (TPSA) is 49.6 Å². The number of hydrogen-bond donors (Lipinski definition) is 0. The highest BCUT2D eigenvalue weighted by Gasteiger charge is 2.31. The second kappa shape index (κ2) is 8.70. The summed E-state index contributed by atoms with van der Waals surface area (Å²) in [6, 6.07) is 10.0. The molecule has 1 aliphatic heterocycles. The van der Waals surface area contributed by atoms with Crippen molar-refractivity contribution in [2.75, 3.05) is 20.6 Å². The van der Waals surface area contributed by atoms with E-state index in [2.05, 4.69) is 31.0 Å².